The average Bonchev–Trinajstić information content (AvgIpc) is 2.41. The van der Waals surface area contributed by atoms with E-state index in [0.29, 0.717) is 15.6 Å². The van der Waals surface area contributed by atoms with Crippen LogP contribution in [-0.2, 0) is 0 Å². The maximum Gasteiger partial charge on any atom is 0.312 e. The molecular formula is C13H11BrN4O3. The van der Waals surface area contributed by atoms with Crippen LogP contribution in [0, 0.1) is 22.4 Å². The van der Waals surface area contributed by atoms with Crippen molar-refractivity contribution in [3.05, 3.63) is 56.3 Å². The number of rotatable bonds is 4. The van der Waals surface area contributed by atoms with Crippen molar-refractivity contribution < 1.29 is 9.66 Å². The highest BCUT2D eigenvalue weighted by Crippen LogP contribution is 2.37. The number of aromatic nitrogens is 1. The Morgan fingerprint density at radius 1 is 1.52 bits per heavy atom. The van der Waals surface area contributed by atoms with E-state index in [4.69, 9.17) is 15.9 Å². The van der Waals surface area contributed by atoms with Crippen LogP contribution in [0.3, 0.4) is 0 Å². The SMILES string of the molecule is Cc1cc(Br)cc([N+](=O)[O-])c1Oc1cnccc1C(=N)N. The van der Waals surface area contributed by atoms with Gasteiger partial charge in [-0.1, -0.05) is 15.9 Å². The summed E-state index contributed by atoms with van der Waals surface area (Å²) in [5, 5.41) is 18.7. The first kappa shape index (κ1) is 14.9. The van der Waals surface area contributed by atoms with Crippen LogP contribution in [0.15, 0.2) is 35.1 Å². The number of nitrogens with zero attached hydrogens (tertiary/aromatic N) is 2. The minimum absolute atomic E-state index is 0.0960. The number of pyridine rings is 1. The Hall–Kier alpha value is -2.48. The van der Waals surface area contributed by atoms with E-state index in [1.54, 1.807) is 13.0 Å². The van der Waals surface area contributed by atoms with E-state index in [0.717, 1.165) is 0 Å². The number of ether oxygens (including phenoxy) is 1. The lowest BCUT2D eigenvalue weighted by Gasteiger charge is -2.12. The molecule has 0 unspecified atom stereocenters. The number of aryl methyl sites for hydroxylation is 1. The van der Waals surface area contributed by atoms with Gasteiger partial charge in [-0.05, 0) is 24.6 Å². The number of nitrogens with two attached hydrogens (primary N) is 1. The third kappa shape index (κ3) is 3.16. The molecule has 7 nitrogen and oxygen atoms in total. The van der Waals surface area contributed by atoms with Gasteiger partial charge in [-0.15, -0.1) is 0 Å². The van der Waals surface area contributed by atoms with E-state index >= 15 is 0 Å². The monoisotopic (exact) mass is 350 g/mol. The lowest BCUT2D eigenvalue weighted by atomic mass is 10.2. The summed E-state index contributed by atoms with van der Waals surface area (Å²) in [4.78, 5) is 14.5. The van der Waals surface area contributed by atoms with Gasteiger partial charge in [-0.2, -0.15) is 0 Å². The van der Waals surface area contributed by atoms with E-state index in [2.05, 4.69) is 20.9 Å². The molecule has 0 saturated carbocycles. The summed E-state index contributed by atoms with van der Waals surface area (Å²) in [5.74, 6) is 0.0852. The molecular weight excluding hydrogens is 340 g/mol. The van der Waals surface area contributed by atoms with Gasteiger partial charge in [0.25, 0.3) is 0 Å². The summed E-state index contributed by atoms with van der Waals surface area (Å²) in [6, 6.07) is 4.57. The third-order valence-corrected chi connectivity index (χ3v) is 3.16. The summed E-state index contributed by atoms with van der Waals surface area (Å²) in [6.45, 7) is 1.69. The largest absolute Gasteiger partial charge is 0.447 e. The van der Waals surface area contributed by atoms with Gasteiger partial charge in [0.2, 0.25) is 5.75 Å². The fourth-order valence-electron chi connectivity index (χ4n) is 1.77. The molecule has 2 aromatic rings. The normalized spacial score (nSPS) is 10.2. The van der Waals surface area contributed by atoms with Gasteiger partial charge in [0.15, 0.2) is 5.75 Å². The van der Waals surface area contributed by atoms with Gasteiger partial charge in [0.05, 0.1) is 16.7 Å². The zero-order chi connectivity index (χ0) is 15.6. The molecule has 0 aliphatic rings. The molecule has 8 heteroatoms. The van der Waals surface area contributed by atoms with Gasteiger partial charge in [-0.25, -0.2) is 0 Å². The van der Waals surface area contributed by atoms with Crippen LogP contribution in [0.4, 0.5) is 5.69 Å². The molecule has 108 valence electrons. The number of benzene rings is 1. The van der Waals surface area contributed by atoms with Gasteiger partial charge in [0, 0.05) is 16.7 Å². The molecule has 0 spiro atoms. The molecule has 3 N–H and O–H groups in total. The number of halogens is 1. The number of nitrogen functional groups attached to an aromatic ring is 1. The zero-order valence-corrected chi connectivity index (χ0v) is 12.5. The van der Waals surface area contributed by atoms with Crippen molar-refractivity contribution in [2.45, 2.75) is 6.92 Å². The maximum absolute atomic E-state index is 11.2. The number of hydrogen-bond donors (Lipinski definition) is 2. The van der Waals surface area contributed by atoms with Crippen molar-refractivity contribution in [1.29, 1.82) is 5.41 Å². The van der Waals surface area contributed by atoms with E-state index < -0.39 is 4.92 Å². The van der Waals surface area contributed by atoms with Gasteiger partial charge >= 0.3 is 5.69 Å². The van der Waals surface area contributed by atoms with E-state index in [1.807, 2.05) is 0 Å². The van der Waals surface area contributed by atoms with Crippen LogP contribution < -0.4 is 10.5 Å². The second kappa shape index (κ2) is 5.88. The Morgan fingerprint density at radius 2 is 2.24 bits per heavy atom. The minimum atomic E-state index is -0.531. The quantitative estimate of drug-likeness (QED) is 0.380. The Kier molecular flexibility index (Phi) is 4.18. The summed E-state index contributed by atoms with van der Waals surface area (Å²) in [7, 11) is 0. The third-order valence-electron chi connectivity index (χ3n) is 2.70. The molecule has 0 radical (unpaired) electrons. The van der Waals surface area contributed by atoms with Crippen molar-refractivity contribution in [2.75, 3.05) is 0 Å². The van der Waals surface area contributed by atoms with Crippen molar-refractivity contribution in [2.24, 2.45) is 5.73 Å². The van der Waals surface area contributed by atoms with Crippen molar-refractivity contribution >= 4 is 27.5 Å². The number of amidine groups is 1. The Balaban J connectivity index is 2.55. The molecule has 0 saturated heterocycles. The molecule has 0 bridgehead atoms. The van der Waals surface area contributed by atoms with Gasteiger partial charge in [0.1, 0.15) is 5.84 Å². The number of nitro benzene ring substituents is 1. The molecule has 0 atom stereocenters. The highest BCUT2D eigenvalue weighted by Gasteiger charge is 2.21. The van der Waals surface area contributed by atoms with E-state index in [9.17, 15) is 10.1 Å². The first-order valence-corrected chi connectivity index (χ1v) is 6.60. The van der Waals surface area contributed by atoms with Crippen LogP contribution in [0.2, 0.25) is 0 Å². The van der Waals surface area contributed by atoms with E-state index in [1.165, 1.54) is 24.5 Å². The smallest absolute Gasteiger partial charge is 0.312 e. The minimum Gasteiger partial charge on any atom is -0.447 e. The van der Waals surface area contributed by atoms with Crippen molar-refractivity contribution in [1.82, 2.24) is 4.98 Å². The van der Waals surface area contributed by atoms with Crippen LogP contribution >= 0.6 is 15.9 Å². The molecule has 2 rings (SSSR count). The van der Waals surface area contributed by atoms with Gasteiger partial charge in [-0.3, -0.25) is 20.5 Å². The zero-order valence-electron chi connectivity index (χ0n) is 11.0. The lowest BCUT2D eigenvalue weighted by Crippen LogP contribution is -2.12. The lowest BCUT2D eigenvalue weighted by molar-refractivity contribution is -0.385. The summed E-state index contributed by atoms with van der Waals surface area (Å²) < 4.78 is 6.18. The summed E-state index contributed by atoms with van der Waals surface area (Å²) in [6.07, 6.45) is 2.83. The fourth-order valence-corrected chi connectivity index (χ4v) is 2.33. The molecule has 0 aliphatic carbocycles. The second-order valence-corrected chi connectivity index (χ2v) is 5.13. The van der Waals surface area contributed by atoms with Crippen LogP contribution in [0.5, 0.6) is 11.5 Å². The number of nitrogens with one attached hydrogen (secondary N) is 1. The van der Waals surface area contributed by atoms with Crippen LogP contribution in [-0.4, -0.2) is 15.7 Å². The Labute approximate surface area is 128 Å². The number of hydrogen-bond acceptors (Lipinski definition) is 5. The first-order valence-electron chi connectivity index (χ1n) is 5.81. The van der Waals surface area contributed by atoms with Crippen molar-refractivity contribution in [3.8, 4) is 11.5 Å². The molecule has 1 aromatic carbocycles. The number of nitro groups is 1. The maximum atomic E-state index is 11.2. The second-order valence-electron chi connectivity index (χ2n) is 4.22. The molecule has 0 fully saturated rings. The molecule has 0 aliphatic heterocycles. The van der Waals surface area contributed by atoms with Crippen LogP contribution in [0.1, 0.15) is 11.1 Å². The predicted octanol–water partition coefficient (Wildman–Crippen LogP) is 3.14. The predicted molar refractivity (Wildman–Crippen MR) is 80.9 cm³/mol. The molecule has 0 amide bonds. The molecule has 1 heterocycles. The van der Waals surface area contributed by atoms with Crippen LogP contribution in [0.25, 0.3) is 0 Å². The molecule has 21 heavy (non-hydrogen) atoms. The van der Waals surface area contributed by atoms with Crippen molar-refractivity contribution in [3.63, 3.8) is 0 Å². The Morgan fingerprint density at radius 3 is 2.86 bits per heavy atom. The fraction of sp³-hybridized carbons (Fsp3) is 0.0769. The summed E-state index contributed by atoms with van der Waals surface area (Å²) >= 11 is 3.21. The standard InChI is InChI=1S/C13H11BrN4O3/c1-7-4-8(14)5-10(18(19)20)12(7)21-11-6-17-3-2-9(11)13(15)16/h2-6H,1H3,(H3,15,16). The average molecular weight is 351 g/mol. The highest BCUT2D eigenvalue weighted by molar-refractivity contribution is 9.10. The van der Waals surface area contributed by atoms with E-state index in [-0.39, 0.29) is 23.0 Å². The first-order chi connectivity index (χ1) is 9.90. The van der Waals surface area contributed by atoms with Gasteiger partial charge < -0.3 is 10.5 Å². The highest BCUT2D eigenvalue weighted by atomic mass is 79.9. The Bertz CT molecular complexity index is 733. The summed E-state index contributed by atoms with van der Waals surface area (Å²) in [5.41, 5.74) is 6.18. The topological polar surface area (TPSA) is 115 Å². The molecule has 1 aromatic heterocycles.